The number of nitrogens with one attached hydrogen (secondary N) is 1. The highest BCUT2D eigenvalue weighted by molar-refractivity contribution is 7.17. The van der Waals surface area contributed by atoms with Gasteiger partial charge in [0.2, 0.25) is 0 Å². The molecule has 21 heavy (non-hydrogen) atoms. The van der Waals surface area contributed by atoms with Gasteiger partial charge in [-0.2, -0.15) is 0 Å². The Morgan fingerprint density at radius 3 is 2.95 bits per heavy atom. The fraction of sp³-hybridized carbons (Fsp3) is 0.556. The molecule has 1 unspecified atom stereocenters. The lowest BCUT2D eigenvalue weighted by atomic mass is 9.90. The number of hydrogen-bond acceptors (Lipinski definition) is 3. The van der Waals surface area contributed by atoms with Crippen LogP contribution in [0.4, 0.5) is 0 Å². The second kappa shape index (κ2) is 5.38. The van der Waals surface area contributed by atoms with Crippen LogP contribution >= 0.6 is 11.3 Å². The van der Waals surface area contributed by atoms with Crippen molar-refractivity contribution in [1.82, 2.24) is 10.2 Å². The SMILES string of the molecule is CC1CN(Cc2csc3ccccc23)C2(CCCC2)CN1. The topological polar surface area (TPSA) is 15.3 Å². The van der Waals surface area contributed by atoms with Crippen molar-refractivity contribution in [3.8, 4) is 0 Å². The zero-order chi connectivity index (χ0) is 14.3. The van der Waals surface area contributed by atoms with Crippen LogP contribution in [0.15, 0.2) is 29.6 Å². The number of fused-ring (bicyclic) bond motifs is 1. The maximum absolute atomic E-state index is 3.72. The van der Waals surface area contributed by atoms with Crippen molar-refractivity contribution < 1.29 is 0 Å². The number of thiophene rings is 1. The van der Waals surface area contributed by atoms with E-state index < -0.39 is 0 Å². The first-order chi connectivity index (χ1) is 10.3. The summed E-state index contributed by atoms with van der Waals surface area (Å²) in [5, 5.41) is 7.56. The van der Waals surface area contributed by atoms with Gasteiger partial charge in [0.15, 0.2) is 0 Å². The summed E-state index contributed by atoms with van der Waals surface area (Å²) < 4.78 is 1.43. The first kappa shape index (κ1) is 13.7. The minimum Gasteiger partial charge on any atom is -0.311 e. The van der Waals surface area contributed by atoms with Crippen LogP contribution in [0.3, 0.4) is 0 Å². The third kappa shape index (κ3) is 2.41. The predicted molar refractivity (Wildman–Crippen MR) is 90.9 cm³/mol. The Kier molecular flexibility index (Phi) is 3.52. The minimum absolute atomic E-state index is 0.426. The fourth-order valence-corrected chi connectivity index (χ4v) is 5.14. The van der Waals surface area contributed by atoms with E-state index in [4.69, 9.17) is 0 Å². The van der Waals surface area contributed by atoms with Gasteiger partial charge in [0, 0.05) is 35.9 Å². The number of rotatable bonds is 2. The molecule has 3 heteroatoms. The first-order valence-electron chi connectivity index (χ1n) is 8.20. The molecule has 2 aromatic rings. The van der Waals surface area contributed by atoms with Crippen molar-refractivity contribution in [1.29, 1.82) is 0 Å². The van der Waals surface area contributed by atoms with Gasteiger partial charge in [0.05, 0.1) is 0 Å². The average Bonchev–Trinajstić information content (AvgIpc) is 3.12. The molecule has 0 amide bonds. The van der Waals surface area contributed by atoms with Crippen molar-refractivity contribution in [3.05, 3.63) is 35.2 Å². The van der Waals surface area contributed by atoms with Gasteiger partial charge in [-0.1, -0.05) is 31.0 Å². The fourth-order valence-electron chi connectivity index (χ4n) is 4.18. The Hall–Kier alpha value is -0.900. The van der Waals surface area contributed by atoms with E-state index in [9.17, 15) is 0 Å². The quantitative estimate of drug-likeness (QED) is 0.901. The van der Waals surface area contributed by atoms with Gasteiger partial charge < -0.3 is 5.32 Å². The molecule has 0 radical (unpaired) electrons. The molecule has 1 aliphatic heterocycles. The minimum atomic E-state index is 0.426. The molecule has 4 rings (SSSR count). The zero-order valence-corrected chi connectivity index (χ0v) is 13.6. The number of hydrogen-bond donors (Lipinski definition) is 1. The van der Waals surface area contributed by atoms with Crippen LogP contribution < -0.4 is 5.32 Å². The van der Waals surface area contributed by atoms with E-state index in [1.165, 1.54) is 54.4 Å². The molecule has 112 valence electrons. The van der Waals surface area contributed by atoms with Gasteiger partial charge in [0.1, 0.15) is 0 Å². The second-order valence-corrected chi connectivity index (χ2v) is 7.76. The smallest absolute Gasteiger partial charge is 0.0346 e. The molecular weight excluding hydrogens is 276 g/mol. The third-order valence-corrected chi connectivity index (χ3v) is 6.41. The maximum Gasteiger partial charge on any atom is 0.0346 e. The summed E-state index contributed by atoms with van der Waals surface area (Å²) in [6.07, 6.45) is 5.54. The molecule has 1 saturated carbocycles. The second-order valence-electron chi connectivity index (χ2n) is 6.85. The summed E-state index contributed by atoms with van der Waals surface area (Å²) in [5.41, 5.74) is 1.95. The van der Waals surface area contributed by atoms with E-state index in [1.54, 1.807) is 0 Å². The Balaban J connectivity index is 1.64. The highest BCUT2D eigenvalue weighted by Gasteiger charge is 2.42. The van der Waals surface area contributed by atoms with E-state index in [0.717, 1.165) is 6.54 Å². The number of benzene rings is 1. The molecule has 2 nitrogen and oxygen atoms in total. The lowest BCUT2D eigenvalue weighted by Crippen LogP contribution is -2.62. The largest absolute Gasteiger partial charge is 0.311 e. The zero-order valence-electron chi connectivity index (χ0n) is 12.8. The van der Waals surface area contributed by atoms with Crippen LogP contribution in [0.5, 0.6) is 0 Å². The average molecular weight is 300 g/mol. The Morgan fingerprint density at radius 1 is 1.29 bits per heavy atom. The number of piperazine rings is 1. The van der Waals surface area contributed by atoms with E-state index in [2.05, 4.69) is 46.8 Å². The third-order valence-electron chi connectivity index (χ3n) is 5.40. The summed E-state index contributed by atoms with van der Waals surface area (Å²) in [4.78, 5) is 2.79. The molecule has 2 aliphatic rings. The summed E-state index contributed by atoms with van der Waals surface area (Å²) >= 11 is 1.89. The molecule has 1 saturated heterocycles. The molecule has 1 spiro atoms. The molecular formula is C18H24N2S. The molecule has 1 aromatic heterocycles. The van der Waals surface area contributed by atoms with Gasteiger partial charge in [-0.25, -0.2) is 0 Å². The highest BCUT2D eigenvalue weighted by Crippen LogP contribution is 2.39. The van der Waals surface area contributed by atoms with Crippen LogP contribution in [0.2, 0.25) is 0 Å². The van der Waals surface area contributed by atoms with Crippen LogP contribution in [0, 0.1) is 0 Å². The van der Waals surface area contributed by atoms with E-state index in [0.29, 0.717) is 11.6 Å². The summed E-state index contributed by atoms with van der Waals surface area (Å²) in [7, 11) is 0. The Labute approximate surface area is 131 Å². The van der Waals surface area contributed by atoms with Crippen molar-refractivity contribution in [2.45, 2.75) is 50.7 Å². The Bertz CT molecular complexity index is 627. The lowest BCUT2D eigenvalue weighted by molar-refractivity contribution is 0.0397. The molecule has 2 heterocycles. The molecule has 1 aromatic carbocycles. The summed E-state index contributed by atoms with van der Waals surface area (Å²) in [6.45, 7) is 5.80. The van der Waals surface area contributed by atoms with E-state index in [1.807, 2.05) is 11.3 Å². The van der Waals surface area contributed by atoms with Crippen LogP contribution in [-0.4, -0.2) is 29.6 Å². The molecule has 1 N–H and O–H groups in total. The monoisotopic (exact) mass is 300 g/mol. The summed E-state index contributed by atoms with van der Waals surface area (Å²) in [5.74, 6) is 0. The molecule has 1 aliphatic carbocycles. The Morgan fingerprint density at radius 2 is 2.10 bits per heavy atom. The van der Waals surface area contributed by atoms with Gasteiger partial charge in [-0.05, 0) is 42.2 Å². The van der Waals surface area contributed by atoms with Gasteiger partial charge in [-0.3, -0.25) is 4.90 Å². The standard InChI is InChI=1S/C18H24N2S/c1-14-10-20(18(13-19-14)8-4-5-9-18)11-15-12-21-17-7-3-2-6-16(15)17/h2-3,6-7,12,14,19H,4-5,8-11,13H2,1H3. The van der Waals surface area contributed by atoms with E-state index >= 15 is 0 Å². The predicted octanol–water partition coefficient (Wildman–Crippen LogP) is 4.01. The maximum atomic E-state index is 3.72. The molecule has 2 fully saturated rings. The van der Waals surface area contributed by atoms with Crippen molar-refractivity contribution in [2.24, 2.45) is 0 Å². The normalized spacial score (nSPS) is 25.9. The van der Waals surface area contributed by atoms with E-state index in [-0.39, 0.29) is 0 Å². The molecule has 0 bridgehead atoms. The van der Waals surface area contributed by atoms with Crippen LogP contribution in [-0.2, 0) is 6.54 Å². The lowest BCUT2D eigenvalue weighted by Gasteiger charge is -2.47. The van der Waals surface area contributed by atoms with Crippen LogP contribution in [0.1, 0.15) is 38.2 Å². The number of nitrogens with zero attached hydrogens (tertiary/aromatic N) is 1. The summed E-state index contributed by atoms with van der Waals surface area (Å²) in [6, 6.07) is 9.46. The first-order valence-corrected chi connectivity index (χ1v) is 9.08. The molecule has 1 atom stereocenters. The van der Waals surface area contributed by atoms with Crippen molar-refractivity contribution >= 4 is 21.4 Å². The highest BCUT2D eigenvalue weighted by atomic mass is 32.1. The van der Waals surface area contributed by atoms with Gasteiger partial charge in [0.25, 0.3) is 0 Å². The van der Waals surface area contributed by atoms with Crippen molar-refractivity contribution in [2.75, 3.05) is 13.1 Å². The van der Waals surface area contributed by atoms with Gasteiger partial charge >= 0.3 is 0 Å². The van der Waals surface area contributed by atoms with Gasteiger partial charge in [-0.15, -0.1) is 11.3 Å². The van der Waals surface area contributed by atoms with Crippen LogP contribution in [0.25, 0.3) is 10.1 Å². The van der Waals surface area contributed by atoms with Crippen molar-refractivity contribution in [3.63, 3.8) is 0 Å².